The molecule has 1 saturated carbocycles. The molecule has 11 heavy (non-hydrogen) atoms. The fourth-order valence-corrected chi connectivity index (χ4v) is 1.13. The van der Waals surface area contributed by atoms with Crippen LogP contribution in [0, 0.1) is 0 Å². The Morgan fingerprint density at radius 3 is 2.73 bits per heavy atom. The molecule has 2 rings (SSSR count). The lowest BCUT2D eigenvalue weighted by Crippen LogP contribution is -2.18. The van der Waals surface area contributed by atoms with Crippen LogP contribution in [0.2, 0.25) is 0 Å². The van der Waals surface area contributed by atoms with Crippen LogP contribution in [-0.4, -0.2) is 16.5 Å². The Bertz CT molecular complexity index is 269. The van der Waals surface area contributed by atoms with Crippen molar-refractivity contribution in [1.29, 1.82) is 0 Å². The zero-order valence-corrected chi connectivity index (χ0v) is 7.02. The molecule has 1 aliphatic rings. The molecule has 0 atom stereocenters. The number of nitrogens with two attached hydrogens (primary N) is 1. The quantitative estimate of drug-likeness (QED) is 0.665. The second-order valence-corrected chi connectivity index (χ2v) is 3.49. The van der Waals surface area contributed by atoms with E-state index in [2.05, 4.69) is 10.2 Å². The summed E-state index contributed by atoms with van der Waals surface area (Å²) in [5.41, 5.74) is 5.54. The molecule has 0 aliphatic heterocycles. The van der Waals surface area contributed by atoms with Crippen LogP contribution < -0.4 is 5.73 Å². The third-order valence-electron chi connectivity index (χ3n) is 1.80. The predicted octanol–water partition coefficient (Wildman–Crippen LogP) is 0.739. The Morgan fingerprint density at radius 2 is 2.27 bits per heavy atom. The van der Waals surface area contributed by atoms with Gasteiger partial charge in [0.2, 0.25) is 5.89 Å². The van der Waals surface area contributed by atoms with E-state index in [1.807, 2.05) is 6.26 Å². The highest BCUT2D eigenvalue weighted by atomic mass is 32.2. The van der Waals surface area contributed by atoms with Crippen molar-refractivity contribution < 1.29 is 4.42 Å². The van der Waals surface area contributed by atoms with Gasteiger partial charge in [-0.05, 0) is 19.1 Å². The third kappa shape index (κ3) is 1.14. The molecule has 0 aromatic carbocycles. The Morgan fingerprint density at radius 1 is 1.55 bits per heavy atom. The van der Waals surface area contributed by atoms with Gasteiger partial charge in [-0.1, -0.05) is 11.8 Å². The number of hydrogen-bond donors (Lipinski definition) is 1. The van der Waals surface area contributed by atoms with Gasteiger partial charge >= 0.3 is 0 Å². The molecular weight excluding hydrogens is 162 g/mol. The van der Waals surface area contributed by atoms with Crippen LogP contribution in [-0.2, 0) is 5.54 Å². The summed E-state index contributed by atoms with van der Waals surface area (Å²) in [6, 6.07) is 0. The monoisotopic (exact) mass is 171 g/mol. The Kier molecular flexibility index (Phi) is 1.43. The molecule has 1 aromatic rings. The summed E-state index contributed by atoms with van der Waals surface area (Å²) in [5.74, 6) is 0.585. The molecule has 0 unspecified atom stereocenters. The Balaban J connectivity index is 2.25. The van der Waals surface area contributed by atoms with Crippen molar-refractivity contribution in [1.82, 2.24) is 10.2 Å². The molecule has 0 amide bonds. The van der Waals surface area contributed by atoms with Crippen LogP contribution in [0.5, 0.6) is 0 Å². The van der Waals surface area contributed by atoms with Crippen molar-refractivity contribution in [2.45, 2.75) is 23.6 Å². The maximum absolute atomic E-state index is 5.83. The maximum atomic E-state index is 5.83. The van der Waals surface area contributed by atoms with Crippen LogP contribution in [0.1, 0.15) is 18.7 Å². The smallest absolute Gasteiger partial charge is 0.276 e. The first kappa shape index (κ1) is 7.12. The largest absolute Gasteiger partial charge is 0.414 e. The van der Waals surface area contributed by atoms with Gasteiger partial charge in [0, 0.05) is 0 Å². The van der Waals surface area contributed by atoms with Crippen LogP contribution in [0.15, 0.2) is 9.64 Å². The Labute approximate surface area is 68.6 Å². The molecule has 4 nitrogen and oxygen atoms in total. The average molecular weight is 171 g/mol. The van der Waals surface area contributed by atoms with Crippen molar-refractivity contribution in [3.63, 3.8) is 0 Å². The van der Waals surface area contributed by atoms with Gasteiger partial charge < -0.3 is 10.2 Å². The minimum atomic E-state index is -0.291. The minimum absolute atomic E-state index is 0.291. The summed E-state index contributed by atoms with van der Waals surface area (Å²) in [7, 11) is 0. The lowest BCUT2D eigenvalue weighted by molar-refractivity contribution is 0.379. The molecule has 0 saturated heterocycles. The number of aromatic nitrogens is 2. The highest BCUT2D eigenvalue weighted by molar-refractivity contribution is 7.98. The van der Waals surface area contributed by atoms with Crippen molar-refractivity contribution >= 4 is 11.8 Å². The van der Waals surface area contributed by atoms with Crippen molar-refractivity contribution in [3.05, 3.63) is 5.89 Å². The zero-order chi connectivity index (χ0) is 7.90. The standard InChI is InChI=1S/C6H9N3OS/c1-11-5-9-8-4(10-5)6(7)2-3-6/h2-3,7H2,1H3. The zero-order valence-electron chi connectivity index (χ0n) is 6.20. The molecule has 1 fully saturated rings. The topological polar surface area (TPSA) is 64.9 Å². The van der Waals surface area contributed by atoms with E-state index in [0.717, 1.165) is 12.8 Å². The summed E-state index contributed by atoms with van der Waals surface area (Å²) in [6.45, 7) is 0. The van der Waals surface area contributed by atoms with Crippen LogP contribution >= 0.6 is 11.8 Å². The van der Waals surface area contributed by atoms with Crippen molar-refractivity contribution in [2.24, 2.45) is 5.73 Å². The first-order chi connectivity index (χ1) is 5.24. The normalized spacial score (nSPS) is 20.2. The molecule has 5 heteroatoms. The molecule has 0 bridgehead atoms. The van der Waals surface area contributed by atoms with Crippen LogP contribution in [0.3, 0.4) is 0 Å². The summed E-state index contributed by atoms with van der Waals surface area (Å²) in [4.78, 5) is 0. The lowest BCUT2D eigenvalue weighted by Gasteiger charge is -1.98. The first-order valence-corrected chi connectivity index (χ1v) is 4.64. The van der Waals surface area contributed by atoms with E-state index in [4.69, 9.17) is 10.2 Å². The molecule has 1 aliphatic carbocycles. The highest BCUT2D eigenvalue weighted by Crippen LogP contribution is 2.42. The minimum Gasteiger partial charge on any atom is -0.414 e. The van der Waals surface area contributed by atoms with Gasteiger partial charge in [-0.2, -0.15) is 0 Å². The number of hydrogen-bond acceptors (Lipinski definition) is 5. The first-order valence-electron chi connectivity index (χ1n) is 3.41. The van der Waals surface area contributed by atoms with E-state index >= 15 is 0 Å². The molecule has 0 spiro atoms. The van der Waals surface area contributed by atoms with E-state index < -0.39 is 0 Å². The van der Waals surface area contributed by atoms with E-state index in [-0.39, 0.29) is 5.54 Å². The molecule has 2 N–H and O–H groups in total. The van der Waals surface area contributed by atoms with Gasteiger partial charge in [-0.3, -0.25) is 0 Å². The van der Waals surface area contributed by atoms with E-state index in [0.29, 0.717) is 11.1 Å². The van der Waals surface area contributed by atoms with E-state index in [1.54, 1.807) is 0 Å². The summed E-state index contributed by atoms with van der Waals surface area (Å²) in [6.07, 6.45) is 3.82. The van der Waals surface area contributed by atoms with Crippen LogP contribution in [0.25, 0.3) is 0 Å². The number of thioether (sulfide) groups is 1. The second kappa shape index (κ2) is 2.22. The van der Waals surface area contributed by atoms with Gasteiger partial charge in [-0.25, -0.2) is 0 Å². The molecular formula is C6H9N3OS. The SMILES string of the molecule is CSc1nnc(C2(N)CC2)o1. The van der Waals surface area contributed by atoms with Crippen molar-refractivity contribution in [3.8, 4) is 0 Å². The summed E-state index contributed by atoms with van der Waals surface area (Å²) in [5, 5.41) is 8.26. The van der Waals surface area contributed by atoms with Gasteiger partial charge in [-0.15, -0.1) is 10.2 Å². The van der Waals surface area contributed by atoms with Crippen LogP contribution in [0.4, 0.5) is 0 Å². The fraction of sp³-hybridized carbons (Fsp3) is 0.667. The third-order valence-corrected chi connectivity index (χ3v) is 2.31. The van der Waals surface area contributed by atoms with Gasteiger partial charge in [0.05, 0.1) is 5.54 Å². The van der Waals surface area contributed by atoms with Gasteiger partial charge in [0.15, 0.2) is 0 Å². The maximum Gasteiger partial charge on any atom is 0.276 e. The Hall–Kier alpha value is -0.550. The molecule has 0 radical (unpaired) electrons. The average Bonchev–Trinajstić information content (AvgIpc) is 2.61. The van der Waals surface area contributed by atoms with Gasteiger partial charge in [0.25, 0.3) is 5.22 Å². The molecule has 1 heterocycles. The number of rotatable bonds is 2. The molecule has 60 valence electrons. The fourth-order valence-electron chi connectivity index (χ4n) is 0.842. The summed E-state index contributed by atoms with van der Waals surface area (Å²) < 4.78 is 5.28. The lowest BCUT2D eigenvalue weighted by atomic mass is 10.3. The van der Waals surface area contributed by atoms with E-state index in [9.17, 15) is 0 Å². The number of nitrogens with zero attached hydrogens (tertiary/aromatic N) is 2. The van der Waals surface area contributed by atoms with E-state index in [1.165, 1.54) is 11.8 Å². The summed E-state index contributed by atoms with van der Waals surface area (Å²) >= 11 is 1.44. The van der Waals surface area contributed by atoms with Crippen molar-refractivity contribution in [2.75, 3.05) is 6.26 Å². The van der Waals surface area contributed by atoms with Gasteiger partial charge in [0.1, 0.15) is 0 Å². The molecule has 1 aromatic heterocycles. The predicted molar refractivity (Wildman–Crippen MR) is 41.2 cm³/mol. The second-order valence-electron chi connectivity index (χ2n) is 2.73. The highest BCUT2D eigenvalue weighted by Gasteiger charge is 2.45.